The molecule has 1 heterocycles. The van der Waals surface area contributed by atoms with Crippen LogP contribution < -0.4 is 5.32 Å². The first-order valence-corrected chi connectivity index (χ1v) is 8.39. The molecule has 22 heavy (non-hydrogen) atoms. The van der Waals surface area contributed by atoms with Gasteiger partial charge in [-0.25, -0.2) is 4.79 Å². The van der Waals surface area contributed by atoms with E-state index in [-0.39, 0.29) is 10.8 Å². The molecular formula is C16H20N2O3S. The molecule has 1 saturated carbocycles. The van der Waals surface area contributed by atoms with Crippen molar-refractivity contribution in [2.45, 2.75) is 28.9 Å². The minimum absolute atomic E-state index is 0.114. The number of hydrogen-bond donors (Lipinski definition) is 2. The van der Waals surface area contributed by atoms with E-state index >= 15 is 0 Å². The molecule has 1 aromatic rings. The number of amides is 2. The number of carboxylic acids is 1. The van der Waals surface area contributed by atoms with Gasteiger partial charge in [0, 0.05) is 29.3 Å². The highest BCUT2D eigenvalue weighted by Gasteiger charge is 2.44. The predicted octanol–water partition coefficient (Wildman–Crippen LogP) is 2.43. The number of nitrogens with one attached hydrogen (secondary N) is 1. The Kier molecular flexibility index (Phi) is 4.29. The Morgan fingerprint density at radius 3 is 2.64 bits per heavy atom. The van der Waals surface area contributed by atoms with Gasteiger partial charge >= 0.3 is 12.0 Å². The summed E-state index contributed by atoms with van der Waals surface area (Å²) < 4.78 is 0.114. The molecule has 2 amide bonds. The van der Waals surface area contributed by atoms with Crippen molar-refractivity contribution in [3.8, 4) is 0 Å². The van der Waals surface area contributed by atoms with Crippen molar-refractivity contribution in [1.29, 1.82) is 0 Å². The summed E-state index contributed by atoms with van der Waals surface area (Å²) in [7, 11) is 0. The molecule has 1 aliphatic heterocycles. The molecule has 2 aliphatic rings. The van der Waals surface area contributed by atoms with E-state index in [1.54, 1.807) is 4.90 Å². The minimum atomic E-state index is -0.811. The fourth-order valence-corrected chi connectivity index (χ4v) is 3.93. The molecule has 1 saturated heterocycles. The lowest BCUT2D eigenvalue weighted by Crippen LogP contribution is -2.42. The van der Waals surface area contributed by atoms with E-state index in [1.807, 2.05) is 30.0 Å². The molecule has 3 rings (SSSR count). The van der Waals surface area contributed by atoms with Gasteiger partial charge in [0.15, 0.2) is 0 Å². The van der Waals surface area contributed by atoms with Crippen molar-refractivity contribution in [2.24, 2.45) is 5.92 Å². The van der Waals surface area contributed by atoms with Crippen LogP contribution in [0.25, 0.3) is 0 Å². The van der Waals surface area contributed by atoms with Crippen LogP contribution in [0.2, 0.25) is 0 Å². The van der Waals surface area contributed by atoms with Gasteiger partial charge in [-0.05, 0) is 31.4 Å². The summed E-state index contributed by atoms with van der Waals surface area (Å²) in [6, 6.07) is 10.1. The van der Waals surface area contributed by atoms with Gasteiger partial charge in [-0.15, -0.1) is 11.8 Å². The topological polar surface area (TPSA) is 69.6 Å². The molecule has 1 atom stereocenters. The SMILES string of the molecule is O=C(O)C1CCN(C(=O)NCC2(Sc3ccccc3)CC2)C1. The number of thioether (sulfide) groups is 1. The quantitative estimate of drug-likeness (QED) is 0.874. The van der Waals surface area contributed by atoms with Crippen molar-refractivity contribution in [3.05, 3.63) is 30.3 Å². The largest absolute Gasteiger partial charge is 0.481 e. The number of nitrogens with zero attached hydrogens (tertiary/aromatic N) is 1. The maximum Gasteiger partial charge on any atom is 0.317 e. The molecule has 1 aliphatic carbocycles. The van der Waals surface area contributed by atoms with Crippen molar-refractivity contribution in [3.63, 3.8) is 0 Å². The van der Waals surface area contributed by atoms with E-state index < -0.39 is 11.9 Å². The van der Waals surface area contributed by atoms with E-state index in [9.17, 15) is 9.59 Å². The van der Waals surface area contributed by atoms with Crippen LogP contribution in [-0.2, 0) is 4.79 Å². The van der Waals surface area contributed by atoms with Gasteiger partial charge in [0.2, 0.25) is 0 Å². The summed E-state index contributed by atoms with van der Waals surface area (Å²) in [5.74, 6) is -1.23. The molecule has 1 unspecified atom stereocenters. The first-order chi connectivity index (χ1) is 10.6. The molecule has 6 heteroatoms. The van der Waals surface area contributed by atoms with Crippen LogP contribution >= 0.6 is 11.8 Å². The fraction of sp³-hybridized carbons (Fsp3) is 0.500. The molecule has 5 nitrogen and oxygen atoms in total. The zero-order valence-corrected chi connectivity index (χ0v) is 13.1. The van der Waals surface area contributed by atoms with Crippen molar-refractivity contribution in [1.82, 2.24) is 10.2 Å². The van der Waals surface area contributed by atoms with E-state index in [2.05, 4.69) is 17.4 Å². The third kappa shape index (κ3) is 3.55. The number of urea groups is 1. The highest BCUT2D eigenvalue weighted by Crippen LogP contribution is 2.51. The van der Waals surface area contributed by atoms with Gasteiger partial charge in [0.25, 0.3) is 0 Å². The third-order valence-electron chi connectivity index (χ3n) is 4.27. The summed E-state index contributed by atoms with van der Waals surface area (Å²) >= 11 is 1.82. The lowest BCUT2D eigenvalue weighted by atomic mass is 10.1. The number of benzene rings is 1. The van der Waals surface area contributed by atoms with Crippen LogP contribution in [0.1, 0.15) is 19.3 Å². The predicted molar refractivity (Wildman–Crippen MR) is 85.0 cm³/mol. The van der Waals surface area contributed by atoms with E-state index in [1.165, 1.54) is 4.90 Å². The Hall–Kier alpha value is -1.69. The molecular weight excluding hydrogens is 300 g/mol. The molecule has 118 valence electrons. The Bertz CT molecular complexity index is 560. The first-order valence-electron chi connectivity index (χ1n) is 7.58. The number of carbonyl (C=O) groups excluding carboxylic acids is 1. The molecule has 1 aromatic carbocycles. The second-order valence-corrected chi connectivity index (χ2v) is 7.57. The number of carbonyl (C=O) groups is 2. The van der Waals surface area contributed by atoms with E-state index in [0.29, 0.717) is 26.1 Å². The maximum absolute atomic E-state index is 12.2. The monoisotopic (exact) mass is 320 g/mol. The van der Waals surface area contributed by atoms with Crippen LogP contribution in [0.5, 0.6) is 0 Å². The number of aliphatic carboxylic acids is 1. The number of rotatable bonds is 5. The standard InChI is InChI=1S/C16H20N2O3S/c19-14(20)12-6-9-18(10-12)15(21)17-11-16(7-8-16)22-13-4-2-1-3-5-13/h1-5,12H,6-11H2,(H,17,21)(H,19,20). The van der Waals surface area contributed by atoms with Gasteiger partial charge in [0.1, 0.15) is 0 Å². The molecule has 0 spiro atoms. The summed E-state index contributed by atoms with van der Waals surface area (Å²) in [4.78, 5) is 25.9. The van der Waals surface area contributed by atoms with Crippen LogP contribution in [0.3, 0.4) is 0 Å². The number of likely N-dealkylation sites (tertiary alicyclic amines) is 1. The normalized spacial score (nSPS) is 22.4. The van der Waals surface area contributed by atoms with Gasteiger partial charge < -0.3 is 15.3 Å². The maximum atomic E-state index is 12.2. The highest BCUT2D eigenvalue weighted by atomic mass is 32.2. The van der Waals surface area contributed by atoms with E-state index in [0.717, 1.165) is 12.8 Å². The van der Waals surface area contributed by atoms with Crippen LogP contribution in [0, 0.1) is 5.92 Å². The second kappa shape index (κ2) is 6.20. The Morgan fingerprint density at radius 2 is 2.05 bits per heavy atom. The summed E-state index contributed by atoms with van der Waals surface area (Å²) in [5.41, 5.74) is 0. The van der Waals surface area contributed by atoms with Gasteiger partial charge in [-0.1, -0.05) is 18.2 Å². The summed E-state index contributed by atoms with van der Waals surface area (Å²) in [5, 5.41) is 12.0. The lowest BCUT2D eigenvalue weighted by Gasteiger charge is -2.20. The third-order valence-corrected chi connectivity index (χ3v) is 5.77. The smallest absolute Gasteiger partial charge is 0.317 e. The fourth-order valence-electron chi connectivity index (χ4n) is 2.69. The highest BCUT2D eigenvalue weighted by molar-refractivity contribution is 8.01. The molecule has 0 aromatic heterocycles. The first kappa shape index (κ1) is 15.2. The molecule has 0 radical (unpaired) electrons. The van der Waals surface area contributed by atoms with E-state index in [4.69, 9.17) is 5.11 Å². The Balaban J connectivity index is 1.48. The summed E-state index contributed by atoms with van der Waals surface area (Å²) in [6.07, 6.45) is 2.75. The minimum Gasteiger partial charge on any atom is -0.481 e. The zero-order valence-electron chi connectivity index (χ0n) is 12.3. The van der Waals surface area contributed by atoms with Crippen LogP contribution in [0.4, 0.5) is 4.79 Å². The van der Waals surface area contributed by atoms with Gasteiger partial charge in [0.05, 0.1) is 5.92 Å². The van der Waals surface area contributed by atoms with Crippen LogP contribution in [-0.4, -0.2) is 46.4 Å². The molecule has 2 N–H and O–H groups in total. The number of hydrogen-bond acceptors (Lipinski definition) is 3. The Labute approximate surface area is 134 Å². The van der Waals surface area contributed by atoms with Gasteiger partial charge in [-0.2, -0.15) is 0 Å². The summed E-state index contributed by atoms with van der Waals surface area (Å²) in [6.45, 7) is 1.49. The van der Waals surface area contributed by atoms with Crippen molar-refractivity contribution in [2.75, 3.05) is 19.6 Å². The number of carboxylic acid groups (broad SMARTS) is 1. The van der Waals surface area contributed by atoms with Crippen molar-refractivity contribution < 1.29 is 14.7 Å². The Morgan fingerprint density at radius 1 is 1.32 bits per heavy atom. The van der Waals surface area contributed by atoms with Gasteiger partial charge in [-0.3, -0.25) is 4.79 Å². The molecule has 0 bridgehead atoms. The van der Waals surface area contributed by atoms with Crippen molar-refractivity contribution >= 4 is 23.8 Å². The lowest BCUT2D eigenvalue weighted by molar-refractivity contribution is -0.141. The average Bonchev–Trinajstić information content (AvgIpc) is 3.09. The van der Waals surface area contributed by atoms with Crippen LogP contribution in [0.15, 0.2) is 35.2 Å². The second-order valence-electron chi connectivity index (χ2n) is 6.03. The average molecular weight is 320 g/mol. The zero-order chi connectivity index (χ0) is 15.6. The molecule has 2 fully saturated rings.